The number of aromatic nitrogens is 1. The first kappa shape index (κ1) is 17.0. The lowest BCUT2D eigenvalue weighted by molar-refractivity contribution is 0.0386. The third-order valence-electron chi connectivity index (χ3n) is 3.43. The molecule has 0 amide bonds. The van der Waals surface area contributed by atoms with Crippen LogP contribution in [-0.4, -0.2) is 38.0 Å². The Morgan fingerprint density at radius 1 is 1.26 bits per heavy atom. The second-order valence-electron chi connectivity index (χ2n) is 4.79. The van der Waals surface area contributed by atoms with E-state index in [9.17, 15) is 14.0 Å². The van der Waals surface area contributed by atoms with Gasteiger partial charge in [-0.2, -0.15) is 0 Å². The second kappa shape index (κ2) is 7.23. The number of hydrogen-bond acceptors (Lipinski definition) is 5. The molecule has 0 aliphatic heterocycles. The van der Waals surface area contributed by atoms with E-state index in [1.54, 1.807) is 4.57 Å². The largest absolute Gasteiger partial charge is 0.494 e. The Labute approximate surface area is 132 Å². The predicted molar refractivity (Wildman–Crippen MR) is 82.6 cm³/mol. The molecular formula is C16H18FNO5. The van der Waals surface area contributed by atoms with Crippen LogP contribution < -0.4 is 10.2 Å². The topological polar surface area (TPSA) is 66.8 Å². The van der Waals surface area contributed by atoms with Crippen molar-refractivity contribution in [3.05, 3.63) is 39.9 Å². The first-order chi connectivity index (χ1) is 11.0. The van der Waals surface area contributed by atoms with Gasteiger partial charge in [0.25, 0.3) is 0 Å². The molecule has 0 aliphatic rings. The number of benzene rings is 1. The summed E-state index contributed by atoms with van der Waals surface area (Å²) < 4.78 is 30.3. The van der Waals surface area contributed by atoms with E-state index in [-0.39, 0.29) is 29.9 Å². The zero-order valence-corrected chi connectivity index (χ0v) is 13.2. The van der Waals surface area contributed by atoms with Gasteiger partial charge in [-0.15, -0.1) is 0 Å². The lowest BCUT2D eigenvalue weighted by atomic mass is 10.1. The van der Waals surface area contributed by atoms with Crippen LogP contribution in [0.25, 0.3) is 10.9 Å². The first-order valence-corrected chi connectivity index (χ1v) is 7.10. The number of halogens is 1. The molecule has 0 saturated carbocycles. The van der Waals surface area contributed by atoms with Gasteiger partial charge < -0.3 is 18.8 Å². The number of ether oxygens (including phenoxy) is 3. The van der Waals surface area contributed by atoms with Crippen LogP contribution in [0.4, 0.5) is 4.39 Å². The summed E-state index contributed by atoms with van der Waals surface area (Å²) in [7, 11) is 2.82. The van der Waals surface area contributed by atoms with Crippen LogP contribution in [-0.2, 0) is 16.0 Å². The summed E-state index contributed by atoms with van der Waals surface area (Å²) in [6, 6.07) is 2.52. The Kier molecular flexibility index (Phi) is 5.33. The Hall–Kier alpha value is -2.41. The molecular weight excluding hydrogens is 305 g/mol. The fourth-order valence-electron chi connectivity index (χ4n) is 2.25. The van der Waals surface area contributed by atoms with Crippen molar-refractivity contribution in [2.75, 3.05) is 27.4 Å². The highest BCUT2D eigenvalue weighted by molar-refractivity contribution is 5.94. The average molecular weight is 323 g/mol. The molecule has 0 fully saturated rings. The molecule has 1 heterocycles. The monoisotopic (exact) mass is 323 g/mol. The van der Waals surface area contributed by atoms with Crippen LogP contribution in [0.2, 0.25) is 0 Å². The molecule has 124 valence electrons. The van der Waals surface area contributed by atoms with Gasteiger partial charge in [-0.1, -0.05) is 0 Å². The zero-order valence-electron chi connectivity index (χ0n) is 13.2. The number of nitrogens with zero attached hydrogens (tertiary/aromatic N) is 1. The second-order valence-corrected chi connectivity index (χ2v) is 4.79. The molecule has 0 saturated heterocycles. The molecule has 0 spiro atoms. The van der Waals surface area contributed by atoms with Crippen LogP contribution in [0.5, 0.6) is 5.75 Å². The smallest absolute Gasteiger partial charge is 0.343 e. The van der Waals surface area contributed by atoms with E-state index in [2.05, 4.69) is 0 Å². The molecule has 0 atom stereocenters. The summed E-state index contributed by atoms with van der Waals surface area (Å²) in [5.41, 5.74) is -0.224. The van der Waals surface area contributed by atoms with Gasteiger partial charge in [-0.05, 0) is 13.0 Å². The van der Waals surface area contributed by atoms with E-state index >= 15 is 0 Å². The summed E-state index contributed by atoms with van der Waals surface area (Å²) in [6.45, 7) is 2.60. The summed E-state index contributed by atoms with van der Waals surface area (Å²) in [4.78, 5) is 24.5. The minimum Gasteiger partial charge on any atom is -0.494 e. The van der Waals surface area contributed by atoms with Crippen molar-refractivity contribution in [1.29, 1.82) is 0 Å². The Morgan fingerprint density at radius 2 is 2.00 bits per heavy atom. The molecule has 6 nitrogen and oxygen atoms in total. The quantitative estimate of drug-likeness (QED) is 0.601. The minimum absolute atomic E-state index is 0.0366. The van der Waals surface area contributed by atoms with E-state index in [0.29, 0.717) is 12.1 Å². The van der Waals surface area contributed by atoms with Crippen molar-refractivity contribution in [3.8, 4) is 5.75 Å². The van der Waals surface area contributed by atoms with Crippen LogP contribution >= 0.6 is 0 Å². The predicted octanol–water partition coefficient (Wildman–Crippen LogP) is 1.97. The van der Waals surface area contributed by atoms with Crippen LogP contribution in [0, 0.1) is 5.82 Å². The lowest BCUT2D eigenvalue weighted by Gasteiger charge is -2.13. The van der Waals surface area contributed by atoms with Crippen molar-refractivity contribution in [1.82, 2.24) is 4.57 Å². The molecule has 1 aromatic carbocycles. The highest BCUT2D eigenvalue weighted by Crippen LogP contribution is 2.23. The summed E-state index contributed by atoms with van der Waals surface area (Å²) in [6.07, 6.45) is 1.41. The average Bonchev–Trinajstić information content (AvgIpc) is 2.55. The van der Waals surface area contributed by atoms with Gasteiger partial charge in [0.1, 0.15) is 12.2 Å². The summed E-state index contributed by atoms with van der Waals surface area (Å²) >= 11 is 0. The first-order valence-electron chi connectivity index (χ1n) is 7.10. The number of carbonyl (C=O) groups excluding carboxylic acids is 1. The van der Waals surface area contributed by atoms with Crippen molar-refractivity contribution >= 4 is 16.9 Å². The summed E-state index contributed by atoms with van der Waals surface area (Å²) in [5, 5.41) is 0.103. The fraction of sp³-hybridized carbons (Fsp3) is 0.375. The van der Waals surface area contributed by atoms with E-state index < -0.39 is 17.2 Å². The number of carbonyl (C=O) groups is 1. The molecule has 0 aliphatic carbocycles. The number of rotatable bonds is 6. The maximum atomic E-state index is 13.9. The van der Waals surface area contributed by atoms with E-state index in [0.717, 1.165) is 6.07 Å². The molecule has 0 bridgehead atoms. The third kappa shape index (κ3) is 3.34. The molecule has 2 aromatic rings. The SMILES string of the molecule is CCn1cc(C(=O)OCCOC)c(=O)c2cc(F)c(OC)cc21. The number of aryl methyl sites for hydroxylation is 1. The Balaban J connectivity index is 2.58. The van der Waals surface area contributed by atoms with E-state index in [1.807, 2.05) is 6.92 Å². The highest BCUT2D eigenvalue weighted by Gasteiger charge is 2.18. The van der Waals surface area contributed by atoms with Gasteiger partial charge in [0.15, 0.2) is 11.6 Å². The highest BCUT2D eigenvalue weighted by atomic mass is 19.1. The van der Waals surface area contributed by atoms with Gasteiger partial charge in [-0.3, -0.25) is 4.79 Å². The minimum atomic E-state index is -0.757. The van der Waals surface area contributed by atoms with Gasteiger partial charge in [0, 0.05) is 31.3 Å². The van der Waals surface area contributed by atoms with E-state index in [1.165, 1.54) is 26.5 Å². The fourth-order valence-corrected chi connectivity index (χ4v) is 2.25. The molecule has 2 rings (SSSR count). The standard InChI is InChI=1S/C16H18FNO5/c1-4-18-9-11(16(20)23-6-5-21-2)15(19)10-7-12(17)14(22-3)8-13(10)18/h7-9H,4-6H2,1-3H3. The molecule has 0 radical (unpaired) electrons. The van der Waals surface area contributed by atoms with Crippen molar-refractivity contribution in [2.45, 2.75) is 13.5 Å². The number of pyridine rings is 1. The number of esters is 1. The molecule has 0 unspecified atom stereocenters. The lowest BCUT2D eigenvalue weighted by Crippen LogP contribution is -2.22. The van der Waals surface area contributed by atoms with Gasteiger partial charge >= 0.3 is 5.97 Å². The van der Waals surface area contributed by atoms with Crippen LogP contribution in [0.1, 0.15) is 17.3 Å². The van der Waals surface area contributed by atoms with Gasteiger partial charge in [0.05, 0.1) is 19.2 Å². The third-order valence-corrected chi connectivity index (χ3v) is 3.43. The van der Waals surface area contributed by atoms with E-state index in [4.69, 9.17) is 14.2 Å². The zero-order chi connectivity index (χ0) is 17.0. The summed E-state index contributed by atoms with van der Waals surface area (Å²) in [5.74, 6) is -1.38. The molecule has 0 N–H and O–H groups in total. The van der Waals surface area contributed by atoms with Gasteiger partial charge in [-0.25, -0.2) is 9.18 Å². The van der Waals surface area contributed by atoms with Crippen LogP contribution in [0.3, 0.4) is 0 Å². The molecule has 7 heteroatoms. The van der Waals surface area contributed by atoms with Gasteiger partial charge in [0.2, 0.25) is 5.43 Å². The number of methoxy groups -OCH3 is 2. The van der Waals surface area contributed by atoms with Crippen molar-refractivity contribution in [3.63, 3.8) is 0 Å². The van der Waals surface area contributed by atoms with Crippen LogP contribution in [0.15, 0.2) is 23.1 Å². The molecule has 23 heavy (non-hydrogen) atoms. The number of hydrogen-bond donors (Lipinski definition) is 0. The van der Waals surface area contributed by atoms with Crippen molar-refractivity contribution in [2.24, 2.45) is 0 Å². The maximum Gasteiger partial charge on any atom is 0.343 e. The maximum absolute atomic E-state index is 13.9. The normalized spacial score (nSPS) is 10.8. The Bertz CT molecular complexity index is 784. The van der Waals surface area contributed by atoms with Crippen molar-refractivity contribution < 1.29 is 23.4 Å². The molecule has 1 aromatic heterocycles. The Morgan fingerprint density at radius 3 is 2.61 bits per heavy atom. The number of fused-ring (bicyclic) bond motifs is 1.